The van der Waals surface area contributed by atoms with Crippen molar-refractivity contribution in [3.8, 4) is 62.7 Å². The molecule has 228 valence electrons. The first-order valence-corrected chi connectivity index (χ1v) is 15.7. The van der Waals surface area contributed by atoms with Crippen LogP contribution in [-0.4, -0.2) is 50.1 Å². The van der Waals surface area contributed by atoms with Gasteiger partial charge >= 0.3 is 0 Å². The van der Waals surface area contributed by atoms with Crippen molar-refractivity contribution >= 4 is 34.1 Å². The molecule has 2 aromatic heterocycles. The van der Waals surface area contributed by atoms with Gasteiger partial charge in [-0.2, -0.15) is 5.26 Å². The number of nitrogens with zero attached hydrogens (tertiary/aromatic N) is 3. The topological polar surface area (TPSA) is 116 Å². The molecule has 0 unspecified atom stereocenters. The smallest absolute Gasteiger partial charge is 0.226 e. The third kappa shape index (κ3) is 7.20. The molecule has 0 aliphatic rings. The van der Waals surface area contributed by atoms with Gasteiger partial charge in [0.1, 0.15) is 22.6 Å². The molecule has 2 heterocycles. The van der Waals surface area contributed by atoms with Crippen molar-refractivity contribution < 1.29 is 23.7 Å². The number of aromatic nitrogens is 2. The minimum Gasteiger partial charge on any atom is -0.497 e. The molecule has 11 heteroatoms. The lowest BCUT2D eigenvalue weighted by Crippen LogP contribution is -2.12. The number of hydrogen-bond acceptors (Lipinski definition) is 10. The number of ether oxygens (including phenoxy) is 4. The van der Waals surface area contributed by atoms with Gasteiger partial charge in [0.2, 0.25) is 5.91 Å². The zero-order chi connectivity index (χ0) is 31.8. The second kappa shape index (κ2) is 14.6. The number of rotatable bonds is 12. The van der Waals surface area contributed by atoms with E-state index in [0.29, 0.717) is 67.0 Å². The van der Waals surface area contributed by atoms with E-state index in [1.54, 1.807) is 34.5 Å². The molecule has 0 saturated heterocycles. The first-order valence-electron chi connectivity index (χ1n) is 13.8. The van der Waals surface area contributed by atoms with Gasteiger partial charge in [-0.1, -0.05) is 30.3 Å². The lowest BCUT2D eigenvalue weighted by atomic mass is 9.98. The normalized spacial score (nSPS) is 10.6. The maximum absolute atomic E-state index is 12.9. The summed E-state index contributed by atoms with van der Waals surface area (Å²) in [5, 5.41) is 16.1. The van der Waals surface area contributed by atoms with Crippen LogP contribution in [-0.2, 0) is 4.79 Å². The van der Waals surface area contributed by atoms with Gasteiger partial charge in [0.05, 0.1) is 45.4 Å². The molecule has 0 aliphatic heterocycles. The van der Waals surface area contributed by atoms with Gasteiger partial charge < -0.3 is 24.3 Å². The van der Waals surface area contributed by atoms with Crippen LogP contribution < -0.4 is 24.3 Å². The molecule has 0 radical (unpaired) electrons. The number of pyridine rings is 1. The van der Waals surface area contributed by atoms with Crippen molar-refractivity contribution in [3.05, 3.63) is 83.7 Å². The van der Waals surface area contributed by atoms with Crippen LogP contribution in [0.5, 0.6) is 23.0 Å². The van der Waals surface area contributed by atoms with E-state index in [1.807, 2.05) is 72.1 Å². The molecule has 5 rings (SSSR count). The molecule has 1 amide bonds. The molecule has 0 bridgehead atoms. The number of benzene rings is 3. The van der Waals surface area contributed by atoms with E-state index in [1.165, 1.54) is 23.1 Å². The highest BCUT2D eigenvalue weighted by Gasteiger charge is 2.20. The Morgan fingerprint density at radius 2 is 1.58 bits per heavy atom. The highest BCUT2D eigenvalue weighted by Crippen LogP contribution is 2.40. The maximum atomic E-state index is 12.9. The molecule has 0 atom stereocenters. The molecule has 5 aromatic rings. The monoisotopic (exact) mass is 638 g/mol. The van der Waals surface area contributed by atoms with E-state index >= 15 is 0 Å². The molecule has 0 aliphatic carbocycles. The predicted molar refractivity (Wildman–Crippen MR) is 178 cm³/mol. The summed E-state index contributed by atoms with van der Waals surface area (Å²) in [7, 11) is 6.34. The fourth-order valence-corrected chi connectivity index (χ4v) is 6.29. The van der Waals surface area contributed by atoms with Gasteiger partial charge in [0, 0.05) is 39.8 Å². The molecular formula is C34H30N4O5S2. The summed E-state index contributed by atoms with van der Waals surface area (Å²) in [5.74, 6) is 2.66. The summed E-state index contributed by atoms with van der Waals surface area (Å²) in [6, 6.07) is 25.0. The molecule has 45 heavy (non-hydrogen) atoms. The third-order valence-corrected chi connectivity index (χ3v) is 8.60. The summed E-state index contributed by atoms with van der Waals surface area (Å²) < 4.78 is 21.8. The lowest BCUT2D eigenvalue weighted by Gasteiger charge is -2.15. The van der Waals surface area contributed by atoms with Gasteiger partial charge in [-0.05, 0) is 42.5 Å². The number of nitriles is 1. The number of nitrogens with one attached hydrogen (secondary N) is 1. The predicted octanol–water partition coefficient (Wildman–Crippen LogP) is 7.57. The van der Waals surface area contributed by atoms with E-state index in [0.717, 1.165) is 11.1 Å². The Morgan fingerprint density at radius 3 is 2.29 bits per heavy atom. The van der Waals surface area contributed by atoms with Crippen molar-refractivity contribution in [2.45, 2.75) is 11.4 Å². The summed E-state index contributed by atoms with van der Waals surface area (Å²) in [6.07, 6.45) is 0.190. The van der Waals surface area contributed by atoms with Crippen molar-refractivity contribution in [2.24, 2.45) is 0 Å². The van der Waals surface area contributed by atoms with Crippen LogP contribution >= 0.6 is 23.1 Å². The number of carbonyl (C=O) groups is 1. The fraction of sp³-hybridized carbons (Fsp3) is 0.176. The maximum Gasteiger partial charge on any atom is 0.226 e. The summed E-state index contributed by atoms with van der Waals surface area (Å²) >= 11 is 2.69. The number of thioether (sulfide) groups is 1. The standard InChI is InChI=1S/C34H30N4O5S2/c1-40-23-11-13-29(41-2)25(17-23)24-18-27(21-8-6-5-7-9-21)36-33(26(24)19-35)44-15-14-32(39)38-34-37-28(20-45-34)22-10-12-30(42-3)31(16-22)43-4/h5-13,16-18,20H,14-15H2,1-4H3,(H,37,38,39). The van der Waals surface area contributed by atoms with E-state index in [9.17, 15) is 10.1 Å². The van der Waals surface area contributed by atoms with Gasteiger partial charge in [-0.25, -0.2) is 9.97 Å². The van der Waals surface area contributed by atoms with E-state index in [2.05, 4.69) is 16.4 Å². The molecule has 9 nitrogen and oxygen atoms in total. The van der Waals surface area contributed by atoms with Crippen LogP contribution in [0.4, 0.5) is 5.13 Å². The Labute approximate surface area is 269 Å². The highest BCUT2D eigenvalue weighted by molar-refractivity contribution is 7.99. The minimum atomic E-state index is -0.192. The van der Waals surface area contributed by atoms with E-state index in [4.69, 9.17) is 23.9 Å². The van der Waals surface area contributed by atoms with Crippen molar-refractivity contribution in [1.29, 1.82) is 5.26 Å². The summed E-state index contributed by atoms with van der Waals surface area (Å²) in [4.78, 5) is 22.3. The zero-order valence-corrected chi connectivity index (χ0v) is 26.8. The first kappa shape index (κ1) is 31.4. The van der Waals surface area contributed by atoms with Crippen LogP contribution in [0, 0.1) is 11.3 Å². The molecule has 0 fully saturated rings. The van der Waals surface area contributed by atoms with Crippen molar-refractivity contribution in [3.63, 3.8) is 0 Å². The average Bonchev–Trinajstić information content (AvgIpc) is 3.55. The third-order valence-electron chi connectivity index (χ3n) is 6.86. The Balaban J connectivity index is 1.36. The van der Waals surface area contributed by atoms with Gasteiger partial charge in [0.25, 0.3) is 0 Å². The Morgan fingerprint density at radius 1 is 0.822 bits per heavy atom. The van der Waals surface area contributed by atoms with Crippen LogP contribution in [0.25, 0.3) is 33.6 Å². The first-order chi connectivity index (χ1) is 22.0. The van der Waals surface area contributed by atoms with Gasteiger partial charge in [-0.3, -0.25) is 4.79 Å². The second-order valence-corrected chi connectivity index (χ2v) is 11.5. The van der Waals surface area contributed by atoms with Crippen LogP contribution in [0.3, 0.4) is 0 Å². The Kier molecular flexibility index (Phi) is 10.2. The van der Waals surface area contributed by atoms with Crippen LogP contribution in [0.1, 0.15) is 12.0 Å². The summed E-state index contributed by atoms with van der Waals surface area (Å²) in [5.41, 5.74) is 4.93. The number of carbonyl (C=O) groups excluding carboxylic acids is 1. The number of hydrogen-bond donors (Lipinski definition) is 1. The summed E-state index contributed by atoms with van der Waals surface area (Å²) in [6.45, 7) is 0. The SMILES string of the molecule is COc1ccc(OC)c(-c2cc(-c3ccccc3)nc(SCCC(=O)Nc3nc(-c4ccc(OC)c(OC)c4)cs3)c2C#N)c1. The largest absolute Gasteiger partial charge is 0.497 e. The molecule has 0 saturated carbocycles. The van der Waals surface area contributed by atoms with Gasteiger partial charge in [0.15, 0.2) is 16.6 Å². The molecule has 0 spiro atoms. The lowest BCUT2D eigenvalue weighted by molar-refractivity contribution is -0.115. The average molecular weight is 639 g/mol. The second-order valence-electron chi connectivity index (χ2n) is 9.53. The molecule has 3 aromatic carbocycles. The van der Waals surface area contributed by atoms with Crippen molar-refractivity contribution in [2.75, 3.05) is 39.5 Å². The number of amides is 1. The molecular weight excluding hydrogens is 609 g/mol. The number of methoxy groups -OCH3 is 4. The van der Waals surface area contributed by atoms with Gasteiger partial charge in [-0.15, -0.1) is 23.1 Å². The van der Waals surface area contributed by atoms with Crippen molar-refractivity contribution in [1.82, 2.24) is 9.97 Å². The van der Waals surface area contributed by atoms with E-state index < -0.39 is 0 Å². The number of anilines is 1. The fourth-order valence-electron chi connectivity index (χ4n) is 4.61. The Bertz CT molecular complexity index is 1850. The Hall–Kier alpha value is -5.05. The quantitative estimate of drug-likeness (QED) is 0.138. The number of thiazole rings is 1. The zero-order valence-electron chi connectivity index (χ0n) is 25.1. The molecule has 1 N–H and O–H groups in total. The van der Waals surface area contributed by atoms with E-state index in [-0.39, 0.29) is 12.3 Å². The minimum absolute atomic E-state index is 0.190. The van der Waals surface area contributed by atoms with Crippen LogP contribution in [0.2, 0.25) is 0 Å². The highest BCUT2D eigenvalue weighted by atomic mass is 32.2. The van der Waals surface area contributed by atoms with Crippen LogP contribution in [0.15, 0.2) is 83.2 Å².